The maximum absolute atomic E-state index is 12.2. The van der Waals surface area contributed by atoms with Gasteiger partial charge in [0.05, 0.1) is 24.9 Å². The third kappa shape index (κ3) is 3.28. The summed E-state index contributed by atoms with van der Waals surface area (Å²) in [6.45, 7) is 2.88. The van der Waals surface area contributed by atoms with E-state index in [-0.39, 0.29) is 5.91 Å². The van der Waals surface area contributed by atoms with Crippen molar-refractivity contribution in [3.05, 3.63) is 46.6 Å². The first-order valence-corrected chi connectivity index (χ1v) is 7.26. The number of carbonyl (C=O) groups is 1. The van der Waals surface area contributed by atoms with Crippen LogP contribution in [0.3, 0.4) is 0 Å². The molecular formula is C16H22N4O2. The van der Waals surface area contributed by atoms with Crippen molar-refractivity contribution in [1.82, 2.24) is 15.1 Å². The second-order valence-corrected chi connectivity index (χ2v) is 5.00. The van der Waals surface area contributed by atoms with E-state index >= 15 is 0 Å². The molecule has 0 saturated heterocycles. The maximum Gasteiger partial charge on any atom is 0.251 e. The van der Waals surface area contributed by atoms with Gasteiger partial charge in [-0.1, -0.05) is 19.1 Å². The van der Waals surface area contributed by atoms with Gasteiger partial charge in [0.2, 0.25) is 5.88 Å². The summed E-state index contributed by atoms with van der Waals surface area (Å²) >= 11 is 0. The van der Waals surface area contributed by atoms with Gasteiger partial charge in [-0.2, -0.15) is 5.10 Å². The molecule has 0 atom stereocenters. The number of hydrogen-bond acceptors (Lipinski definition) is 4. The van der Waals surface area contributed by atoms with Crippen LogP contribution in [0.5, 0.6) is 5.88 Å². The van der Waals surface area contributed by atoms with Crippen molar-refractivity contribution in [2.24, 2.45) is 12.8 Å². The molecule has 3 N–H and O–H groups in total. The van der Waals surface area contributed by atoms with E-state index in [1.165, 1.54) is 0 Å². The van der Waals surface area contributed by atoms with Crippen molar-refractivity contribution in [2.45, 2.75) is 26.4 Å². The monoisotopic (exact) mass is 302 g/mol. The number of hydrogen-bond donors (Lipinski definition) is 2. The summed E-state index contributed by atoms with van der Waals surface area (Å²) in [5.41, 5.74) is 9.01. The summed E-state index contributed by atoms with van der Waals surface area (Å²) in [6, 6.07) is 7.27. The van der Waals surface area contributed by atoms with Crippen LogP contribution in [0.4, 0.5) is 0 Å². The second-order valence-electron chi connectivity index (χ2n) is 5.00. The second kappa shape index (κ2) is 7.09. The van der Waals surface area contributed by atoms with Gasteiger partial charge in [0.1, 0.15) is 0 Å². The zero-order chi connectivity index (χ0) is 16.1. The molecule has 0 aliphatic carbocycles. The van der Waals surface area contributed by atoms with E-state index < -0.39 is 0 Å². The molecule has 1 amide bonds. The topological polar surface area (TPSA) is 82.2 Å². The van der Waals surface area contributed by atoms with E-state index in [1.807, 2.05) is 26.1 Å². The Bertz CT molecular complexity index is 647. The smallest absolute Gasteiger partial charge is 0.251 e. The highest BCUT2D eigenvalue weighted by atomic mass is 16.5. The summed E-state index contributed by atoms with van der Waals surface area (Å²) in [5, 5.41) is 7.31. The van der Waals surface area contributed by atoms with Crippen molar-refractivity contribution in [3.8, 4) is 5.88 Å². The van der Waals surface area contributed by atoms with Crippen LogP contribution in [-0.2, 0) is 26.6 Å². The van der Waals surface area contributed by atoms with Gasteiger partial charge in [0, 0.05) is 19.2 Å². The van der Waals surface area contributed by atoms with E-state index in [9.17, 15) is 4.79 Å². The van der Waals surface area contributed by atoms with Crippen LogP contribution in [0.15, 0.2) is 24.3 Å². The van der Waals surface area contributed by atoms with Crippen molar-refractivity contribution < 1.29 is 9.53 Å². The molecule has 2 rings (SSSR count). The molecule has 0 spiro atoms. The Hall–Kier alpha value is -2.34. The lowest BCUT2D eigenvalue weighted by Gasteiger charge is -2.08. The molecule has 0 bridgehead atoms. The highest BCUT2D eigenvalue weighted by Gasteiger charge is 2.16. The van der Waals surface area contributed by atoms with Gasteiger partial charge in [-0.25, -0.2) is 4.68 Å². The molecule has 118 valence electrons. The first-order chi connectivity index (χ1) is 10.6. The lowest BCUT2D eigenvalue weighted by molar-refractivity contribution is 0.0950. The Labute approximate surface area is 130 Å². The largest absolute Gasteiger partial charge is 0.481 e. The predicted molar refractivity (Wildman–Crippen MR) is 84.6 cm³/mol. The molecule has 6 heteroatoms. The van der Waals surface area contributed by atoms with Crippen LogP contribution in [-0.4, -0.2) is 22.8 Å². The van der Waals surface area contributed by atoms with Gasteiger partial charge in [-0.15, -0.1) is 0 Å². The van der Waals surface area contributed by atoms with Crippen LogP contribution >= 0.6 is 0 Å². The van der Waals surface area contributed by atoms with Crippen molar-refractivity contribution >= 4 is 5.91 Å². The number of rotatable bonds is 6. The molecule has 1 heterocycles. The maximum atomic E-state index is 12.2. The van der Waals surface area contributed by atoms with Gasteiger partial charge >= 0.3 is 0 Å². The van der Waals surface area contributed by atoms with Crippen molar-refractivity contribution in [1.29, 1.82) is 0 Å². The quantitative estimate of drug-likeness (QED) is 0.844. The number of aromatic nitrogens is 2. The fraction of sp³-hybridized carbons (Fsp3) is 0.375. The number of aryl methyl sites for hydroxylation is 2. The van der Waals surface area contributed by atoms with Crippen LogP contribution in [0.25, 0.3) is 0 Å². The van der Waals surface area contributed by atoms with Crippen molar-refractivity contribution in [2.75, 3.05) is 7.11 Å². The van der Waals surface area contributed by atoms with E-state index in [2.05, 4.69) is 10.4 Å². The Morgan fingerprint density at radius 1 is 1.36 bits per heavy atom. The third-order valence-electron chi connectivity index (χ3n) is 3.58. The summed E-state index contributed by atoms with van der Waals surface area (Å²) in [6.07, 6.45) is 0.785. The van der Waals surface area contributed by atoms with Crippen LogP contribution in [0, 0.1) is 0 Å². The van der Waals surface area contributed by atoms with Gasteiger partial charge in [0.15, 0.2) is 0 Å². The number of ether oxygens (including phenoxy) is 1. The lowest BCUT2D eigenvalue weighted by atomic mass is 10.1. The fourth-order valence-electron chi connectivity index (χ4n) is 2.39. The van der Waals surface area contributed by atoms with Gasteiger partial charge in [0.25, 0.3) is 5.91 Å². The SMILES string of the molecule is CCc1nn(C)c(OC)c1CNC(=O)c1ccc(CN)cc1. The Kier molecular flexibility index (Phi) is 5.16. The number of amides is 1. The zero-order valence-corrected chi connectivity index (χ0v) is 13.2. The Morgan fingerprint density at radius 3 is 2.59 bits per heavy atom. The number of carbonyl (C=O) groups excluding carboxylic acids is 1. The molecule has 0 unspecified atom stereocenters. The molecule has 22 heavy (non-hydrogen) atoms. The van der Waals surface area contributed by atoms with E-state index in [0.29, 0.717) is 24.5 Å². The Balaban J connectivity index is 2.10. The summed E-state index contributed by atoms with van der Waals surface area (Å²) in [5.74, 6) is 0.548. The van der Waals surface area contributed by atoms with Crippen LogP contribution in [0.1, 0.15) is 34.1 Å². The molecule has 0 radical (unpaired) electrons. The molecule has 0 saturated carbocycles. The summed E-state index contributed by atoms with van der Waals surface area (Å²) in [7, 11) is 3.43. The van der Waals surface area contributed by atoms with E-state index in [0.717, 1.165) is 23.2 Å². The van der Waals surface area contributed by atoms with E-state index in [4.69, 9.17) is 10.5 Å². The average Bonchev–Trinajstić information content (AvgIpc) is 2.87. The summed E-state index contributed by atoms with van der Waals surface area (Å²) < 4.78 is 7.05. The number of nitrogens with two attached hydrogens (primary N) is 1. The molecule has 0 fully saturated rings. The highest BCUT2D eigenvalue weighted by Crippen LogP contribution is 2.21. The first-order valence-electron chi connectivity index (χ1n) is 7.26. The first kappa shape index (κ1) is 16.0. The standard InChI is InChI=1S/C16H22N4O2/c1-4-14-13(16(22-3)20(2)19-14)10-18-15(21)12-7-5-11(9-17)6-8-12/h5-8H,4,9-10,17H2,1-3H3,(H,18,21). The van der Waals surface area contributed by atoms with Gasteiger partial charge in [-0.3, -0.25) is 4.79 Å². The summed E-state index contributed by atoms with van der Waals surface area (Å²) in [4.78, 5) is 12.2. The molecule has 0 aliphatic rings. The fourth-order valence-corrected chi connectivity index (χ4v) is 2.39. The van der Waals surface area contributed by atoms with Crippen molar-refractivity contribution in [3.63, 3.8) is 0 Å². The minimum atomic E-state index is -0.128. The van der Waals surface area contributed by atoms with Crippen LogP contribution in [0.2, 0.25) is 0 Å². The Morgan fingerprint density at radius 2 is 2.05 bits per heavy atom. The minimum Gasteiger partial charge on any atom is -0.481 e. The molecule has 0 aliphatic heterocycles. The number of methoxy groups -OCH3 is 1. The van der Waals surface area contributed by atoms with E-state index in [1.54, 1.807) is 23.9 Å². The lowest BCUT2D eigenvalue weighted by Crippen LogP contribution is -2.23. The predicted octanol–water partition coefficient (Wildman–Crippen LogP) is 1.38. The molecule has 6 nitrogen and oxygen atoms in total. The zero-order valence-electron chi connectivity index (χ0n) is 13.2. The molecular weight excluding hydrogens is 280 g/mol. The normalized spacial score (nSPS) is 10.5. The minimum absolute atomic E-state index is 0.128. The molecule has 1 aromatic carbocycles. The third-order valence-corrected chi connectivity index (χ3v) is 3.58. The number of benzene rings is 1. The average molecular weight is 302 g/mol. The molecule has 2 aromatic rings. The van der Waals surface area contributed by atoms with Crippen LogP contribution < -0.4 is 15.8 Å². The van der Waals surface area contributed by atoms with Gasteiger partial charge < -0.3 is 15.8 Å². The molecule has 1 aromatic heterocycles. The highest BCUT2D eigenvalue weighted by molar-refractivity contribution is 5.94. The number of nitrogens with zero attached hydrogens (tertiary/aromatic N) is 2. The number of nitrogens with one attached hydrogen (secondary N) is 1. The van der Waals surface area contributed by atoms with Gasteiger partial charge in [-0.05, 0) is 24.1 Å².